The Balaban J connectivity index is 1.72. The number of aliphatic hydroxyl groups is 1. The van der Waals surface area contributed by atoms with Crippen LogP contribution in [0.1, 0.15) is 25.8 Å². The second kappa shape index (κ2) is 7.78. The first-order chi connectivity index (χ1) is 10.1. The van der Waals surface area contributed by atoms with Crippen molar-refractivity contribution in [3.8, 4) is 5.75 Å². The molecule has 0 saturated carbocycles. The summed E-state index contributed by atoms with van der Waals surface area (Å²) in [5, 5.41) is 10.1. The zero-order chi connectivity index (χ0) is 15.2. The molecule has 1 saturated heterocycles. The van der Waals surface area contributed by atoms with Gasteiger partial charge in [-0.25, -0.2) is 0 Å². The summed E-state index contributed by atoms with van der Waals surface area (Å²) in [7, 11) is 0. The van der Waals surface area contributed by atoms with Crippen LogP contribution in [0.3, 0.4) is 0 Å². The van der Waals surface area contributed by atoms with Crippen LogP contribution in [-0.4, -0.2) is 42.4 Å². The van der Waals surface area contributed by atoms with Gasteiger partial charge in [0.15, 0.2) is 0 Å². The highest BCUT2D eigenvalue weighted by atomic mass is 16.5. The second-order valence-electron chi connectivity index (χ2n) is 6.32. The van der Waals surface area contributed by atoms with E-state index in [4.69, 9.17) is 10.5 Å². The van der Waals surface area contributed by atoms with Crippen LogP contribution in [-0.2, 0) is 6.54 Å². The standard InChI is InChI=1S/C17H28N2O2/c1-13-7-8-19(10-14(13)2)11-16(20)12-21-17-5-3-15(9-18)4-6-17/h3-6,13-14,16,20H,7-12,18H2,1-2H3. The Morgan fingerprint density at radius 1 is 1.29 bits per heavy atom. The minimum Gasteiger partial charge on any atom is -0.491 e. The van der Waals surface area contributed by atoms with Crippen molar-refractivity contribution in [3.05, 3.63) is 29.8 Å². The molecule has 0 aliphatic carbocycles. The number of nitrogens with two attached hydrogens (primary N) is 1. The highest BCUT2D eigenvalue weighted by molar-refractivity contribution is 5.27. The molecule has 1 aliphatic heterocycles. The van der Waals surface area contributed by atoms with Gasteiger partial charge in [-0.15, -0.1) is 0 Å². The molecule has 2 rings (SSSR count). The summed E-state index contributed by atoms with van der Waals surface area (Å²) in [5.41, 5.74) is 6.64. The van der Waals surface area contributed by atoms with Crippen LogP contribution in [0.4, 0.5) is 0 Å². The number of nitrogens with zero attached hydrogens (tertiary/aromatic N) is 1. The number of benzene rings is 1. The first kappa shape index (κ1) is 16.3. The van der Waals surface area contributed by atoms with Gasteiger partial charge in [-0.1, -0.05) is 26.0 Å². The van der Waals surface area contributed by atoms with Crippen molar-refractivity contribution in [3.63, 3.8) is 0 Å². The van der Waals surface area contributed by atoms with Crippen molar-refractivity contribution in [1.29, 1.82) is 0 Å². The molecule has 3 N–H and O–H groups in total. The molecule has 0 amide bonds. The number of hydrogen-bond donors (Lipinski definition) is 2. The molecule has 4 heteroatoms. The van der Waals surface area contributed by atoms with Crippen LogP contribution >= 0.6 is 0 Å². The van der Waals surface area contributed by atoms with Gasteiger partial charge in [0.1, 0.15) is 18.5 Å². The maximum Gasteiger partial charge on any atom is 0.119 e. The van der Waals surface area contributed by atoms with Crippen LogP contribution in [0, 0.1) is 11.8 Å². The Hall–Kier alpha value is -1.10. The Kier molecular flexibility index (Phi) is 6.03. The molecule has 21 heavy (non-hydrogen) atoms. The average molecular weight is 292 g/mol. The third-order valence-electron chi connectivity index (χ3n) is 4.49. The molecule has 1 aromatic rings. The Morgan fingerprint density at radius 3 is 2.62 bits per heavy atom. The van der Waals surface area contributed by atoms with Gasteiger partial charge in [-0.2, -0.15) is 0 Å². The van der Waals surface area contributed by atoms with Crippen molar-refractivity contribution in [1.82, 2.24) is 4.90 Å². The predicted octanol–water partition coefficient (Wildman–Crippen LogP) is 1.86. The molecular weight excluding hydrogens is 264 g/mol. The Bertz CT molecular complexity index is 421. The first-order valence-electron chi connectivity index (χ1n) is 7.90. The average Bonchev–Trinajstić information content (AvgIpc) is 2.49. The summed E-state index contributed by atoms with van der Waals surface area (Å²) >= 11 is 0. The summed E-state index contributed by atoms with van der Waals surface area (Å²) < 4.78 is 5.64. The molecule has 3 unspecified atom stereocenters. The highest BCUT2D eigenvalue weighted by Crippen LogP contribution is 2.22. The highest BCUT2D eigenvalue weighted by Gasteiger charge is 2.24. The summed E-state index contributed by atoms with van der Waals surface area (Å²) in [6, 6.07) is 7.71. The predicted molar refractivity (Wildman–Crippen MR) is 85.2 cm³/mol. The molecule has 0 radical (unpaired) electrons. The lowest BCUT2D eigenvalue weighted by Gasteiger charge is -2.36. The van der Waals surface area contributed by atoms with E-state index in [0.29, 0.717) is 25.6 Å². The van der Waals surface area contributed by atoms with Crippen LogP contribution in [0.5, 0.6) is 5.75 Å². The minimum absolute atomic E-state index is 0.336. The van der Waals surface area contributed by atoms with Gasteiger partial charge < -0.3 is 20.5 Å². The van der Waals surface area contributed by atoms with Crippen molar-refractivity contribution < 1.29 is 9.84 Å². The number of rotatable bonds is 6. The number of piperidine rings is 1. The summed E-state index contributed by atoms with van der Waals surface area (Å²) in [6.07, 6.45) is 0.773. The van der Waals surface area contributed by atoms with Gasteiger partial charge in [0.25, 0.3) is 0 Å². The molecule has 1 fully saturated rings. The zero-order valence-corrected chi connectivity index (χ0v) is 13.2. The molecule has 0 bridgehead atoms. The lowest BCUT2D eigenvalue weighted by atomic mass is 9.88. The van der Waals surface area contributed by atoms with E-state index in [1.165, 1.54) is 6.42 Å². The molecular formula is C17H28N2O2. The largest absolute Gasteiger partial charge is 0.491 e. The zero-order valence-electron chi connectivity index (χ0n) is 13.2. The number of β-amino-alcohol motifs (C(OH)–C–C–N with tert-alkyl or cyclic N) is 1. The van der Waals surface area contributed by atoms with Gasteiger partial charge >= 0.3 is 0 Å². The lowest BCUT2D eigenvalue weighted by Crippen LogP contribution is -2.43. The van der Waals surface area contributed by atoms with Crippen molar-refractivity contribution in [2.75, 3.05) is 26.2 Å². The normalized spacial score (nSPS) is 24.8. The number of hydrogen-bond acceptors (Lipinski definition) is 4. The van der Waals surface area contributed by atoms with E-state index in [-0.39, 0.29) is 0 Å². The maximum atomic E-state index is 10.1. The van der Waals surface area contributed by atoms with Crippen LogP contribution in [0.25, 0.3) is 0 Å². The van der Waals surface area contributed by atoms with Crippen LogP contribution in [0.15, 0.2) is 24.3 Å². The van der Waals surface area contributed by atoms with Crippen LogP contribution in [0.2, 0.25) is 0 Å². The van der Waals surface area contributed by atoms with Crippen molar-refractivity contribution in [2.45, 2.75) is 32.9 Å². The quantitative estimate of drug-likeness (QED) is 0.840. The van der Waals surface area contributed by atoms with Gasteiger partial charge in [-0.3, -0.25) is 0 Å². The van der Waals surface area contributed by atoms with E-state index in [0.717, 1.165) is 30.3 Å². The number of aliphatic hydroxyl groups excluding tert-OH is 1. The van der Waals surface area contributed by atoms with Gasteiger partial charge in [0.2, 0.25) is 0 Å². The van der Waals surface area contributed by atoms with Crippen molar-refractivity contribution in [2.24, 2.45) is 17.6 Å². The summed E-state index contributed by atoms with van der Waals surface area (Å²) in [5.74, 6) is 2.28. The monoisotopic (exact) mass is 292 g/mol. The molecule has 0 aromatic heterocycles. The third kappa shape index (κ3) is 4.99. The molecule has 118 valence electrons. The molecule has 1 aliphatic rings. The summed E-state index contributed by atoms with van der Waals surface area (Å²) in [6.45, 7) is 8.32. The fourth-order valence-corrected chi connectivity index (χ4v) is 2.78. The molecule has 1 heterocycles. The Morgan fingerprint density at radius 2 is 2.00 bits per heavy atom. The van der Waals surface area contributed by atoms with E-state index in [1.807, 2.05) is 24.3 Å². The van der Waals surface area contributed by atoms with Crippen molar-refractivity contribution >= 4 is 0 Å². The van der Waals surface area contributed by atoms with Crippen LogP contribution < -0.4 is 10.5 Å². The smallest absolute Gasteiger partial charge is 0.119 e. The number of likely N-dealkylation sites (tertiary alicyclic amines) is 1. The minimum atomic E-state index is -0.445. The van der Waals surface area contributed by atoms with Gasteiger partial charge in [0, 0.05) is 19.6 Å². The Labute approximate surface area is 127 Å². The molecule has 1 aromatic carbocycles. The SMILES string of the molecule is CC1CCN(CC(O)COc2ccc(CN)cc2)CC1C. The molecule has 3 atom stereocenters. The maximum absolute atomic E-state index is 10.1. The fraction of sp³-hybridized carbons (Fsp3) is 0.647. The third-order valence-corrected chi connectivity index (χ3v) is 4.49. The van der Waals surface area contributed by atoms with E-state index in [2.05, 4.69) is 18.7 Å². The van der Waals surface area contributed by atoms with E-state index in [9.17, 15) is 5.11 Å². The van der Waals surface area contributed by atoms with E-state index < -0.39 is 6.10 Å². The lowest BCUT2D eigenvalue weighted by molar-refractivity contribution is 0.0436. The second-order valence-corrected chi connectivity index (χ2v) is 6.32. The molecule has 0 spiro atoms. The van der Waals surface area contributed by atoms with Gasteiger partial charge in [-0.05, 0) is 42.5 Å². The topological polar surface area (TPSA) is 58.7 Å². The molecule has 4 nitrogen and oxygen atoms in total. The fourth-order valence-electron chi connectivity index (χ4n) is 2.78. The van der Waals surface area contributed by atoms with Gasteiger partial charge in [0.05, 0.1) is 0 Å². The number of ether oxygens (including phenoxy) is 1. The first-order valence-corrected chi connectivity index (χ1v) is 7.90. The summed E-state index contributed by atoms with van der Waals surface area (Å²) in [4.78, 5) is 2.34. The van der Waals surface area contributed by atoms with E-state index in [1.54, 1.807) is 0 Å². The van der Waals surface area contributed by atoms with E-state index >= 15 is 0 Å².